The van der Waals surface area contributed by atoms with Crippen LogP contribution in [0.2, 0.25) is 0 Å². The first-order valence-corrected chi connectivity index (χ1v) is 7.46. The van der Waals surface area contributed by atoms with Crippen molar-refractivity contribution < 1.29 is 4.74 Å². The van der Waals surface area contributed by atoms with E-state index in [-0.39, 0.29) is 0 Å². The zero-order chi connectivity index (χ0) is 14.7. The monoisotopic (exact) mass is 349 g/mol. The molecule has 0 aliphatic rings. The van der Waals surface area contributed by atoms with Crippen LogP contribution in [-0.2, 0) is 6.61 Å². The van der Waals surface area contributed by atoms with E-state index in [9.17, 15) is 0 Å². The van der Waals surface area contributed by atoms with Crippen LogP contribution >= 0.6 is 28.1 Å². The maximum absolute atomic E-state index is 5.86. The molecule has 0 spiro atoms. The summed E-state index contributed by atoms with van der Waals surface area (Å²) in [5.74, 6) is 0.848. The van der Waals surface area contributed by atoms with E-state index in [0.29, 0.717) is 11.6 Å². The Labute approximate surface area is 133 Å². The Morgan fingerprint density at radius 3 is 2.40 bits per heavy atom. The van der Waals surface area contributed by atoms with Crippen molar-refractivity contribution in [3.8, 4) is 5.75 Å². The molecular formula is C16H16BrNOS. The van der Waals surface area contributed by atoms with Crippen molar-refractivity contribution in [2.45, 2.75) is 20.5 Å². The van der Waals surface area contributed by atoms with E-state index in [1.54, 1.807) is 0 Å². The summed E-state index contributed by atoms with van der Waals surface area (Å²) in [4.78, 5) is 0.396. The molecule has 0 atom stereocenters. The van der Waals surface area contributed by atoms with E-state index in [0.717, 1.165) is 32.5 Å². The van der Waals surface area contributed by atoms with Gasteiger partial charge in [0.05, 0.1) is 0 Å². The first-order chi connectivity index (χ1) is 9.49. The van der Waals surface area contributed by atoms with Crippen LogP contribution in [-0.4, -0.2) is 4.99 Å². The highest BCUT2D eigenvalue weighted by atomic mass is 79.9. The first kappa shape index (κ1) is 15.0. The molecule has 0 bridgehead atoms. The highest BCUT2D eigenvalue weighted by Gasteiger charge is 2.07. The van der Waals surface area contributed by atoms with Gasteiger partial charge in [-0.05, 0) is 42.7 Å². The van der Waals surface area contributed by atoms with Crippen molar-refractivity contribution in [1.29, 1.82) is 0 Å². The molecule has 0 radical (unpaired) electrons. The third-order valence-electron chi connectivity index (χ3n) is 3.09. The van der Waals surface area contributed by atoms with Gasteiger partial charge in [0, 0.05) is 10.0 Å². The third kappa shape index (κ3) is 3.38. The molecule has 104 valence electrons. The standard InChI is InChI=1S/C16H16BrNOS/c1-10-7-13(8-11(2)15(10)17)19-9-12-5-3-4-6-14(12)16(18)20/h3-8H,9H2,1-2H3,(H2,18,20). The fourth-order valence-electron chi connectivity index (χ4n) is 2.04. The van der Waals surface area contributed by atoms with Gasteiger partial charge in [-0.15, -0.1) is 0 Å². The van der Waals surface area contributed by atoms with E-state index in [1.807, 2.05) is 50.2 Å². The minimum Gasteiger partial charge on any atom is -0.489 e. The largest absolute Gasteiger partial charge is 0.489 e. The smallest absolute Gasteiger partial charge is 0.120 e. The summed E-state index contributed by atoms with van der Waals surface area (Å²) in [6.07, 6.45) is 0. The van der Waals surface area contributed by atoms with Gasteiger partial charge in [-0.25, -0.2) is 0 Å². The molecule has 2 nitrogen and oxygen atoms in total. The highest BCUT2D eigenvalue weighted by molar-refractivity contribution is 9.10. The fraction of sp³-hybridized carbons (Fsp3) is 0.188. The van der Waals surface area contributed by atoms with Gasteiger partial charge in [0.2, 0.25) is 0 Å². The number of thiocarbonyl (C=S) groups is 1. The molecule has 2 aromatic rings. The van der Waals surface area contributed by atoms with Crippen LogP contribution in [0.4, 0.5) is 0 Å². The Kier molecular flexibility index (Phi) is 4.78. The zero-order valence-corrected chi connectivity index (χ0v) is 13.8. The zero-order valence-electron chi connectivity index (χ0n) is 11.4. The predicted octanol–water partition coefficient (Wildman–Crippen LogP) is 4.28. The number of ether oxygens (including phenoxy) is 1. The van der Waals surface area contributed by atoms with Gasteiger partial charge in [0.25, 0.3) is 0 Å². The van der Waals surface area contributed by atoms with Crippen LogP contribution in [0.1, 0.15) is 22.3 Å². The van der Waals surface area contributed by atoms with Crippen molar-refractivity contribution in [3.05, 3.63) is 63.1 Å². The summed E-state index contributed by atoms with van der Waals surface area (Å²) in [5.41, 5.74) is 9.90. The van der Waals surface area contributed by atoms with Crippen LogP contribution in [0.25, 0.3) is 0 Å². The number of rotatable bonds is 4. The fourth-order valence-corrected chi connectivity index (χ4v) is 2.47. The number of halogens is 1. The minimum absolute atomic E-state index is 0.396. The second kappa shape index (κ2) is 6.37. The number of nitrogens with two attached hydrogens (primary N) is 1. The average molecular weight is 350 g/mol. The van der Waals surface area contributed by atoms with Gasteiger partial charge < -0.3 is 10.5 Å². The molecule has 0 saturated heterocycles. The summed E-state index contributed by atoms with van der Waals surface area (Å²) >= 11 is 8.61. The minimum atomic E-state index is 0.396. The molecule has 4 heteroatoms. The lowest BCUT2D eigenvalue weighted by atomic mass is 10.1. The Balaban J connectivity index is 2.19. The SMILES string of the molecule is Cc1cc(OCc2ccccc2C(N)=S)cc(C)c1Br. The first-order valence-electron chi connectivity index (χ1n) is 6.26. The molecule has 20 heavy (non-hydrogen) atoms. The van der Waals surface area contributed by atoms with Gasteiger partial charge >= 0.3 is 0 Å². The van der Waals surface area contributed by atoms with Crippen molar-refractivity contribution in [2.24, 2.45) is 5.73 Å². The molecule has 2 rings (SSSR count). The van der Waals surface area contributed by atoms with Crippen LogP contribution < -0.4 is 10.5 Å². The maximum Gasteiger partial charge on any atom is 0.120 e. The van der Waals surface area contributed by atoms with E-state index in [2.05, 4.69) is 15.9 Å². The Bertz CT molecular complexity index is 632. The van der Waals surface area contributed by atoms with E-state index in [4.69, 9.17) is 22.7 Å². The van der Waals surface area contributed by atoms with E-state index in [1.165, 1.54) is 0 Å². The van der Waals surface area contributed by atoms with Crippen molar-refractivity contribution >= 4 is 33.1 Å². The number of hydrogen-bond donors (Lipinski definition) is 1. The Morgan fingerprint density at radius 2 is 1.80 bits per heavy atom. The van der Waals surface area contributed by atoms with Crippen LogP contribution in [0.15, 0.2) is 40.9 Å². The number of benzene rings is 2. The quantitative estimate of drug-likeness (QED) is 0.836. The summed E-state index contributed by atoms with van der Waals surface area (Å²) in [6.45, 7) is 4.55. The predicted molar refractivity (Wildman–Crippen MR) is 90.3 cm³/mol. The summed E-state index contributed by atoms with van der Waals surface area (Å²) < 4.78 is 6.98. The summed E-state index contributed by atoms with van der Waals surface area (Å²) in [6, 6.07) is 11.8. The maximum atomic E-state index is 5.86. The van der Waals surface area contributed by atoms with Gasteiger partial charge in [-0.3, -0.25) is 0 Å². The summed E-state index contributed by atoms with van der Waals surface area (Å²) in [7, 11) is 0. The Morgan fingerprint density at radius 1 is 1.20 bits per heavy atom. The van der Waals surface area contributed by atoms with Crippen molar-refractivity contribution in [2.75, 3.05) is 0 Å². The van der Waals surface area contributed by atoms with Crippen molar-refractivity contribution in [3.63, 3.8) is 0 Å². The molecule has 0 saturated carbocycles. The second-order valence-corrected chi connectivity index (χ2v) is 5.91. The summed E-state index contributed by atoms with van der Waals surface area (Å²) in [5, 5.41) is 0. The lowest BCUT2D eigenvalue weighted by Gasteiger charge is -2.12. The normalized spacial score (nSPS) is 10.3. The second-order valence-electron chi connectivity index (χ2n) is 4.68. The molecule has 0 amide bonds. The molecule has 0 aliphatic heterocycles. The number of aryl methyl sites for hydroxylation is 2. The van der Waals surface area contributed by atoms with Gasteiger partial charge in [0.15, 0.2) is 0 Å². The molecule has 0 aromatic heterocycles. The Hall–Kier alpha value is -1.39. The van der Waals surface area contributed by atoms with Gasteiger partial charge in [-0.2, -0.15) is 0 Å². The van der Waals surface area contributed by atoms with E-state index < -0.39 is 0 Å². The average Bonchev–Trinajstić information content (AvgIpc) is 2.42. The molecule has 0 fully saturated rings. The van der Waals surface area contributed by atoms with Crippen LogP contribution in [0.3, 0.4) is 0 Å². The molecule has 0 heterocycles. The van der Waals surface area contributed by atoms with Gasteiger partial charge in [-0.1, -0.05) is 52.4 Å². The van der Waals surface area contributed by atoms with Crippen LogP contribution in [0, 0.1) is 13.8 Å². The van der Waals surface area contributed by atoms with E-state index >= 15 is 0 Å². The lowest BCUT2D eigenvalue weighted by molar-refractivity contribution is 0.305. The van der Waals surface area contributed by atoms with Gasteiger partial charge in [0.1, 0.15) is 17.3 Å². The molecular weight excluding hydrogens is 334 g/mol. The highest BCUT2D eigenvalue weighted by Crippen LogP contribution is 2.27. The molecule has 0 aliphatic carbocycles. The number of hydrogen-bond acceptors (Lipinski definition) is 2. The molecule has 0 unspecified atom stereocenters. The molecule has 2 N–H and O–H groups in total. The van der Waals surface area contributed by atoms with Crippen molar-refractivity contribution in [1.82, 2.24) is 0 Å². The molecule has 2 aromatic carbocycles. The van der Waals surface area contributed by atoms with Crippen LogP contribution in [0.5, 0.6) is 5.75 Å². The topological polar surface area (TPSA) is 35.2 Å². The third-order valence-corrected chi connectivity index (χ3v) is 4.56. The lowest BCUT2D eigenvalue weighted by Crippen LogP contribution is -2.13.